The number of halogens is 4. The monoisotopic (exact) mass is 278 g/mol. The zero-order valence-electron chi connectivity index (χ0n) is 10.0. The van der Waals surface area contributed by atoms with E-state index in [2.05, 4.69) is 4.74 Å². The zero-order chi connectivity index (χ0) is 14.8. The highest BCUT2D eigenvalue weighted by Gasteiger charge is 2.36. The van der Waals surface area contributed by atoms with Crippen molar-refractivity contribution in [1.82, 2.24) is 0 Å². The van der Waals surface area contributed by atoms with E-state index >= 15 is 0 Å². The summed E-state index contributed by atoms with van der Waals surface area (Å²) in [7, 11) is 1.02. The molecule has 0 amide bonds. The van der Waals surface area contributed by atoms with E-state index in [1.807, 2.05) is 0 Å². The topological polar surface area (TPSA) is 43.4 Å². The third-order valence-corrected chi connectivity index (χ3v) is 2.52. The van der Waals surface area contributed by atoms with Crippen molar-refractivity contribution < 1.29 is 31.9 Å². The molecule has 1 unspecified atom stereocenters. The summed E-state index contributed by atoms with van der Waals surface area (Å²) in [6.45, 7) is 1.13. The first kappa shape index (κ1) is 15.1. The normalized spacial score (nSPS) is 12.9. The average Bonchev–Trinajstić information content (AvgIpc) is 2.35. The van der Waals surface area contributed by atoms with Crippen LogP contribution in [-0.2, 0) is 15.7 Å². The van der Waals surface area contributed by atoms with Gasteiger partial charge in [-0.05, 0) is 19.1 Å². The first-order chi connectivity index (χ1) is 8.70. The van der Waals surface area contributed by atoms with Gasteiger partial charge in [-0.2, -0.15) is 13.2 Å². The number of esters is 1. The molecule has 0 radical (unpaired) electrons. The summed E-state index contributed by atoms with van der Waals surface area (Å²) in [5, 5.41) is 0. The molecule has 0 bridgehead atoms. The minimum atomic E-state index is -4.91. The Morgan fingerprint density at radius 1 is 1.26 bits per heavy atom. The summed E-state index contributed by atoms with van der Waals surface area (Å²) in [6.07, 6.45) is -4.91. The van der Waals surface area contributed by atoms with Crippen LogP contribution in [-0.4, -0.2) is 18.9 Å². The van der Waals surface area contributed by atoms with Crippen LogP contribution in [0, 0.1) is 11.7 Å². The Kier molecular flexibility index (Phi) is 4.28. The Balaban J connectivity index is 3.23. The van der Waals surface area contributed by atoms with E-state index in [4.69, 9.17) is 0 Å². The van der Waals surface area contributed by atoms with Crippen LogP contribution in [0.15, 0.2) is 18.2 Å². The van der Waals surface area contributed by atoms with Crippen molar-refractivity contribution in [1.29, 1.82) is 0 Å². The van der Waals surface area contributed by atoms with Crippen LogP contribution in [0.4, 0.5) is 17.6 Å². The van der Waals surface area contributed by atoms with Crippen molar-refractivity contribution in [2.24, 2.45) is 5.92 Å². The van der Waals surface area contributed by atoms with Gasteiger partial charge < -0.3 is 4.74 Å². The largest absolute Gasteiger partial charge is 0.468 e. The van der Waals surface area contributed by atoms with Gasteiger partial charge >= 0.3 is 12.1 Å². The number of carbonyl (C=O) groups is 2. The number of ketones is 1. The fourth-order valence-corrected chi connectivity index (χ4v) is 1.46. The van der Waals surface area contributed by atoms with Crippen molar-refractivity contribution in [3.05, 3.63) is 35.1 Å². The second-order valence-electron chi connectivity index (χ2n) is 3.77. The molecule has 19 heavy (non-hydrogen) atoms. The summed E-state index contributed by atoms with van der Waals surface area (Å²) in [5.41, 5.74) is -2.33. The van der Waals surface area contributed by atoms with Crippen molar-refractivity contribution >= 4 is 11.8 Å². The molecule has 1 aromatic rings. The van der Waals surface area contributed by atoms with Gasteiger partial charge in [-0.25, -0.2) is 4.39 Å². The highest BCUT2D eigenvalue weighted by molar-refractivity contribution is 6.08. The van der Waals surface area contributed by atoms with Gasteiger partial charge in [-0.15, -0.1) is 0 Å². The molecular weight excluding hydrogens is 268 g/mol. The number of alkyl halides is 3. The number of rotatable bonds is 3. The predicted octanol–water partition coefficient (Wildman–Crippen LogP) is 2.84. The molecule has 0 heterocycles. The van der Waals surface area contributed by atoms with Gasteiger partial charge in [0.15, 0.2) is 5.78 Å². The van der Waals surface area contributed by atoms with Crippen molar-refractivity contribution in [2.45, 2.75) is 13.1 Å². The minimum Gasteiger partial charge on any atom is -0.468 e. The Hall–Kier alpha value is -1.92. The first-order valence-electron chi connectivity index (χ1n) is 5.18. The predicted molar refractivity (Wildman–Crippen MR) is 56.9 cm³/mol. The van der Waals surface area contributed by atoms with Gasteiger partial charge in [0, 0.05) is 0 Å². The molecule has 0 aliphatic rings. The third kappa shape index (κ3) is 3.10. The minimum absolute atomic E-state index is 0.523. The number of carbonyl (C=O) groups excluding carboxylic acids is 2. The van der Waals surface area contributed by atoms with E-state index in [1.165, 1.54) is 0 Å². The molecule has 1 aromatic carbocycles. The standard InChI is InChI=1S/C12H10F4O3/c1-6(11(18)19-2)10(17)7-4-3-5-8(9(7)13)12(14,15)16/h3-6H,1-2H3. The lowest BCUT2D eigenvalue weighted by Gasteiger charge is -2.12. The molecule has 3 nitrogen and oxygen atoms in total. The van der Waals surface area contributed by atoms with Gasteiger partial charge in [0.2, 0.25) is 0 Å². The Morgan fingerprint density at radius 3 is 2.32 bits per heavy atom. The summed E-state index contributed by atoms with van der Waals surface area (Å²) in [6, 6.07) is 2.32. The maximum Gasteiger partial charge on any atom is 0.419 e. The van der Waals surface area contributed by atoms with Crippen LogP contribution < -0.4 is 0 Å². The van der Waals surface area contributed by atoms with E-state index in [9.17, 15) is 27.2 Å². The Morgan fingerprint density at radius 2 is 1.84 bits per heavy atom. The summed E-state index contributed by atoms with van der Waals surface area (Å²) in [5.74, 6) is -5.06. The smallest absolute Gasteiger partial charge is 0.419 e. The molecular formula is C12H10F4O3. The molecule has 0 fully saturated rings. The highest BCUT2D eigenvalue weighted by atomic mass is 19.4. The van der Waals surface area contributed by atoms with Crippen molar-refractivity contribution in [3.63, 3.8) is 0 Å². The average molecular weight is 278 g/mol. The summed E-state index contributed by atoms with van der Waals surface area (Å²) < 4.78 is 55.4. The van der Waals surface area contributed by atoms with Crippen LogP contribution in [0.1, 0.15) is 22.8 Å². The molecule has 104 valence electrons. The Bertz CT molecular complexity index is 508. The molecule has 0 saturated heterocycles. The third-order valence-electron chi connectivity index (χ3n) is 2.52. The van der Waals surface area contributed by atoms with Crippen molar-refractivity contribution in [2.75, 3.05) is 7.11 Å². The van der Waals surface area contributed by atoms with E-state index in [0.717, 1.165) is 26.2 Å². The molecule has 0 aromatic heterocycles. The van der Waals surface area contributed by atoms with E-state index in [0.29, 0.717) is 6.07 Å². The van der Waals surface area contributed by atoms with Gasteiger partial charge in [-0.1, -0.05) is 6.07 Å². The molecule has 0 saturated carbocycles. The quantitative estimate of drug-likeness (QED) is 0.369. The zero-order valence-corrected chi connectivity index (χ0v) is 10.0. The van der Waals surface area contributed by atoms with Crippen LogP contribution in [0.5, 0.6) is 0 Å². The fraction of sp³-hybridized carbons (Fsp3) is 0.333. The lowest BCUT2D eigenvalue weighted by atomic mass is 9.97. The van der Waals surface area contributed by atoms with Crippen LogP contribution >= 0.6 is 0 Å². The molecule has 7 heteroatoms. The second-order valence-corrected chi connectivity index (χ2v) is 3.77. The number of hydrogen-bond acceptors (Lipinski definition) is 3. The van der Waals surface area contributed by atoms with Crippen LogP contribution in [0.3, 0.4) is 0 Å². The Labute approximate surface area is 106 Å². The lowest BCUT2D eigenvalue weighted by Crippen LogP contribution is -2.24. The fourth-order valence-electron chi connectivity index (χ4n) is 1.46. The number of Topliss-reactive ketones (excluding diaryl/α,β-unsaturated/α-hetero) is 1. The maximum absolute atomic E-state index is 13.7. The molecule has 0 N–H and O–H groups in total. The van der Waals surface area contributed by atoms with Gasteiger partial charge in [0.1, 0.15) is 11.7 Å². The summed E-state index contributed by atoms with van der Waals surface area (Å²) >= 11 is 0. The number of ether oxygens (including phenoxy) is 1. The van der Waals surface area contributed by atoms with Gasteiger partial charge in [-0.3, -0.25) is 9.59 Å². The van der Waals surface area contributed by atoms with E-state index in [-0.39, 0.29) is 0 Å². The number of benzene rings is 1. The van der Waals surface area contributed by atoms with Crippen molar-refractivity contribution in [3.8, 4) is 0 Å². The molecule has 1 rings (SSSR count). The number of methoxy groups -OCH3 is 1. The second kappa shape index (κ2) is 5.38. The molecule has 0 aliphatic carbocycles. The lowest BCUT2D eigenvalue weighted by molar-refractivity contribution is -0.143. The SMILES string of the molecule is COC(=O)C(C)C(=O)c1cccc(C(F)(F)F)c1F. The first-order valence-corrected chi connectivity index (χ1v) is 5.18. The van der Waals surface area contributed by atoms with Gasteiger partial charge in [0.25, 0.3) is 0 Å². The van der Waals surface area contributed by atoms with E-state index in [1.54, 1.807) is 0 Å². The maximum atomic E-state index is 13.7. The van der Waals surface area contributed by atoms with Gasteiger partial charge in [0.05, 0.1) is 18.2 Å². The molecule has 0 spiro atoms. The van der Waals surface area contributed by atoms with Crippen LogP contribution in [0.25, 0.3) is 0 Å². The highest BCUT2D eigenvalue weighted by Crippen LogP contribution is 2.32. The van der Waals surface area contributed by atoms with Crippen LogP contribution in [0.2, 0.25) is 0 Å². The molecule has 1 atom stereocenters. The van der Waals surface area contributed by atoms with E-state index < -0.39 is 40.8 Å². The molecule has 0 aliphatic heterocycles. The summed E-state index contributed by atoms with van der Waals surface area (Å²) in [4.78, 5) is 22.9. The number of hydrogen-bond donors (Lipinski definition) is 0.